The molecule has 1 heterocycles. The SMILES string of the molecule is C=C(O)c1cnc(Cl)cn1.[Rf]. The standard InChI is InChI=1S/C6H5ClN2O.Rf/c1-4(10)5-2-9-6(7)3-8-5;/h2-3,10H,1H2;. The van der Waals surface area contributed by atoms with Gasteiger partial charge in [0.05, 0.1) is 12.4 Å². The molecule has 3 nitrogen and oxygen atoms in total. The van der Waals surface area contributed by atoms with Crippen LogP contribution in [0, 0.1) is 0 Å². The van der Waals surface area contributed by atoms with E-state index < -0.39 is 0 Å². The molecule has 0 aliphatic heterocycles. The number of halogens is 1. The van der Waals surface area contributed by atoms with Crippen LogP contribution in [0.4, 0.5) is 0 Å². The van der Waals surface area contributed by atoms with Crippen LogP contribution in [-0.2, 0) is 0 Å². The molecule has 0 saturated heterocycles. The summed E-state index contributed by atoms with van der Waals surface area (Å²) >= 11 is 5.43. The largest absolute Gasteiger partial charge is 0.506 e. The number of nitrogens with zero attached hydrogens (tertiary/aromatic N) is 2. The summed E-state index contributed by atoms with van der Waals surface area (Å²) in [7, 11) is 0. The zero-order valence-corrected chi connectivity index (χ0v) is 12.9. The monoisotopic (exact) mass is 423 g/mol. The maximum absolute atomic E-state index is 8.77. The van der Waals surface area contributed by atoms with E-state index in [9.17, 15) is 0 Å². The Bertz CT molecular complexity index is 249. The number of hydrogen-bond donors (Lipinski definition) is 1. The third kappa shape index (κ3) is 1.95. The van der Waals surface area contributed by atoms with E-state index >= 15 is 0 Å². The Kier molecular flexibility index (Phi) is 2.57. The van der Waals surface area contributed by atoms with Gasteiger partial charge in [-0.15, -0.1) is 0 Å². The molecule has 0 spiro atoms. The first kappa shape index (κ1) is 8.91. The minimum atomic E-state index is -0.107. The summed E-state index contributed by atoms with van der Waals surface area (Å²) in [6.45, 7) is 3.27. The van der Waals surface area contributed by atoms with Crippen LogP contribution in [0.1, 0.15) is 5.69 Å². The van der Waals surface area contributed by atoms with Crippen LogP contribution >= 0.6 is 11.6 Å². The van der Waals surface area contributed by atoms with Crippen molar-refractivity contribution >= 4 is 17.4 Å². The van der Waals surface area contributed by atoms with Gasteiger partial charge in [-0.1, -0.05) is 18.2 Å². The van der Waals surface area contributed by atoms with Crippen molar-refractivity contribution in [1.29, 1.82) is 0 Å². The summed E-state index contributed by atoms with van der Waals surface area (Å²) in [5, 5.41) is 9.07. The smallest absolute Gasteiger partial charge is 0.147 e. The van der Waals surface area contributed by atoms with E-state index in [-0.39, 0.29) is 5.76 Å². The van der Waals surface area contributed by atoms with Gasteiger partial charge in [0.2, 0.25) is 0 Å². The molecule has 0 aromatic carbocycles. The summed E-state index contributed by atoms with van der Waals surface area (Å²) in [4.78, 5) is 7.42. The fraction of sp³-hybridized carbons (Fsp3) is 0. The van der Waals surface area contributed by atoms with E-state index in [1.165, 1.54) is 12.4 Å². The molecular weight excluding hydrogens is 419 g/mol. The number of rotatable bonds is 1. The van der Waals surface area contributed by atoms with Crippen LogP contribution in [-0.4, -0.2) is 15.1 Å². The van der Waals surface area contributed by atoms with Gasteiger partial charge in [0.15, 0.2) is 0 Å². The van der Waals surface area contributed by atoms with E-state index in [0.717, 1.165) is 0 Å². The van der Waals surface area contributed by atoms with Gasteiger partial charge in [-0.2, -0.15) is 0 Å². The maximum atomic E-state index is 8.77. The van der Waals surface area contributed by atoms with Gasteiger partial charge in [-0.05, 0) is 0 Å². The predicted molar refractivity (Wildman–Crippen MR) is 38.7 cm³/mol. The summed E-state index contributed by atoms with van der Waals surface area (Å²) in [6, 6.07) is 0. The molecule has 0 saturated carbocycles. The van der Waals surface area contributed by atoms with Gasteiger partial charge in [0, 0.05) is 0 Å². The number of aliphatic hydroxyl groups excluding tert-OH is 1. The summed E-state index contributed by atoms with van der Waals surface area (Å²) in [5.74, 6) is -0.107. The molecule has 0 aliphatic rings. The molecule has 1 rings (SSSR count). The second-order valence-electron chi connectivity index (χ2n) is 1.67. The Morgan fingerprint density at radius 3 is 2.45 bits per heavy atom. The third-order valence-electron chi connectivity index (χ3n) is 0.916. The summed E-state index contributed by atoms with van der Waals surface area (Å²) < 4.78 is 0. The quantitative estimate of drug-likeness (QED) is 0.699. The van der Waals surface area contributed by atoms with Crippen molar-refractivity contribution in [3.63, 3.8) is 0 Å². The molecule has 0 bridgehead atoms. The van der Waals surface area contributed by atoms with Crippen molar-refractivity contribution in [1.82, 2.24) is 9.97 Å². The van der Waals surface area contributed by atoms with Crippen LogP contribution in [0.2, 0.25) is 5.15 Å². The minimum Gasteiger partial charge on any atom is -0.506 e. The van der Waals surface area contributed by atoms with Gasteiger partial charge in [0.1, 0.15) is 16.6 Å². The van der Waals surface area contributed by atoms with Crippen molar-refractivity contribution in [3.05, 3.63) is 29.8 Å². The molecule has 1 aromatic rings. The summed E-state index contributed by atoms with van der Waals surface area (Å²) in [5.41, 5.74) is 0.337. The van der Waals surface area contributed by atoms with Crippen molar-refractivity contribution in [2.75, 3.05) is 0 Å². The zero-order valence-electron chi connectivity index (χ0n) is 5.79. The second kappa shape index (κ2) is 3.17. The first-order valence-electron chi connectivity index (χ1n) is 2.56. The Labute approximate surface area is 63.0 Å². The maximum Gasteiger partial charge on any atom is 0.147 e. The first-order chi connectivity index (χ1) is 4.70. The average Bonchev–Trinajstić information content (AvgIpc) is 1.88. The van der Waals surface area contributed by atoms with Crippen LogP contribution in [0.5, 0.6) is 0 Å². The fourth-order valence-corrected chi connectivity index (χ4v) is 0.559. The minimum absolute atomic E-state index is 0. The van der Waals surface area contributed by atoms with E-state index in [1.54, 1.807) is 0 Å². The third-order valence-corrected chi connectivity index (χ3v) is 1.11. The molecule has 11 heavy (non-hydrogen) atoms. The number of aromatic nitrogens is 2. The van der Waals surface area contributed by atoms with Gasteiger partial charge >= 0.3 is 0 Å². The molecule has 0 amide bonds. The molecule has 0 fully saturated rings. The molecule has 5 heteroatoms. The van der Waals surface area contributed by atoms with E-state index in [1.807, 2.05) is 0 Å². The van der Waals surface area contributed by atoms with Gasteiger partial charge in [-0.3, -0.25) is 0 Å². The normalized spacial score (nSPS) is 8.45. The molecule has 0 aliphatic carbocycles. The average molecular weight is 424 g/mol. The van der Waals surface area contributed by atoms with E-state index in [2.05, 4.69) is 16.5 Å². The molecule has 0 radical (unpaired) electrons. The van der Waals surface area contributed by atoms with Crippen LogP contribution < -0.4 is 0 Å². The fourth-order valence-electron chi connectivity index (χ4n) is 0.461. The van der Waals surface area contributed by atoms with Crippen molar-refractivity contribution < 1.29 is 5.11 Å². The second-order valence-corrected chi connectivity index (χ2v) is 2.06. The van der Waals surface area contributed by atoms with E-state index in [4.69, 9.17) is 16.7 Å². The summed E-state index contributed by atoms with van der Waals surface area (Å²) in [6.07, 6.45) is 2.70. The van der Waals surface area contributed by atoms with Gasteiger partial charge in [0.25, 0.3) is 0 Å². The Morgan fingerprint density at radius 1 is 1.45 bits per heavy atom. The molecular formula is C6H5ClN2ORf. The number of aliphatic hydroxyl groups is 1. The van der Waals surface area contributed by atoms with Crippen molar-refractivity contribution in [3.8, 4) is 0 Å². The molecule has 1 N–H and O–H groups in total. The Hall–Kier alpha value is -2.09. The van der Waals surface area contributed by atoms with Gasteiger partial charge < -0.3 is 5.11 Å². The van der Waals surface area contributed by atoms with E-state index in [0.29, 0.717) is 10.8 Å². The molecule has 0 unspecified atom stereocenters. The van der Waals surface area contributed by atoms with Gasteiger partial charge in [-0.25, -0.2) is 9.97 Å². The number of hydrogen-bond acceptors (Lipinski definition) is 3. The molecule has 0 atom stereocenters. The van der Waals surface area contributed by atoms with Crippen LogP contribution in [0.25, 0.3) is 5.76 Å². The van der Waals surface area contributed by atoms with Crippen molar-refractivity contribution in [2.45, 2.75) is 0 Å². The Morgan fingerprint density at radius 2 is 2.09 bits per heavy atom. The topological polar surface area (TPSA) is 46.0 Å². The van der Waals surface area contributed by atoms with Crippen LogP contribution in [0.3, 0.4) is 0 Å². The van der Waals surface area contributed by atoms with Crippen molar-refractivity contribution in [2.24, 2.45) is 0 Å². The van der Waals surface area contributed by atoms with Crippen LogP contribution in [0.15, 0.2) is 19.0 Å². The molecule has 1 aromatic heterocycles. The predicted octanol–water partition coefficient (Wildman–Crippen LogP) is 1.66. The Balaban J connectivity index is 0.000001000. The first-order valence-corrected chi connectivity index (χ1v) is 2.94. The zero-order chi connectivity index (χ0) is 7.56. The molecule has 54 valence electrons.